The van der Waals surface area contributed by atoms with Crippen molar-refractivity contribution < 1.29 is 23.5 Å². The molecule has 0 spiro atoms. The van der Waals surface area contributed by atoms with E-state index < -0.39 is 5.91 Å². The minimum Gasteiger partial charge on any atom is -0.466 e. The van der Waals surface area contributed by atoms with E-state index >= 15 is 0 Å². The summed E-state index contributed by atoms with van der Waals surface area (Å²) in [4.78, 5) is 39.4. The number of nitrogens with one attached hydrogen (secondary N) is 1. The molecule has 7 heteroatoms. The van der Waals surface area contributed by atoms with Crippen LogP contribution in [0.1, 0.15) is 35.9 Å². The molecule has 29 heavy (non-hydrogen) atoms. The van der Waals surface area contributed by atoms with Gasteiger partial charge in [0.2, 0.25) is 0 Å². The summed E-state index contributed by atoms with van der Waals surface area (Å²) in [6.07, 6.45) is 4.36. The number of carbonyl (C=O) groups is 3. The van der Waals surface area contributed by atoms with Crippen molar-refractivity contribution in [2.45, 2.75) is 19.8 Å². The van der Waals surface area contributed by atoms with E-state index in [9.17, 15) is 14.4 Å². The van der Waals surface area contributed by atoms with Crippen LogP contribution in [0.25, 0.3) is 6.08 Å². The Balaban J connectivity index is 1.79. The maximum absolute atomic E-state index is 13.2. The van der Waals surface area contributed by atoms with Crippen molar-refractivity contribution >= 4 is 23.9 Å². The van der Waals surface area contributed by atoms with E-state index in [-0.39, 0.29) is 30.0 Å². The molecule has 0 radical (unpaired) electrons. The molecule has 0 bridgehead atoms. The number of hydrogen-bond acceptors (Lipinski definition) is 5. The van der Waals surface area contributed by atoms with Gasteiger partial charge in [-0.25, -0.2) is 0 Å². The van der Waals surface area contributed by atoms with Gasteiger partial charge in [0.05, 0.1) is 18.8 Å². The lowest BCUT2D eigenvalue weighted by Gasteiger charge is -2.32. The molecule has 0 aliphatic carbocycles. The molecule has 2 aromatic rings. The zero-order chi connectivity index (χ0) is 20.6. The van der Waals surface area contributed by atoms with E-state index in [0.717, 1.165) is 0 Å². The second-order valence-corrected chi connectivity index (χ2v) is 6.74. The number of amides is 2. The summed E-state index contributed by atoms with van der Waals surface area (Å²) in [5, 5.41) is 2.69. The van der Waals surface area contributed by atoms with Gasteiger partial charge in [-0.3, -0.25) is 14.4 Å². The Morgan fingerprint density at radius 3 is 2.69 bits per heavy atom. The predicted octanol–water partition coefficient (Wildman–Crippen LogP) is 2.85. The van der Waals surface area contributed by atoms with Gasteiger partial charge in [-0.2, -0.15) is 0 Å². The Morgan fingerprint density at radius 1 is 1.21 bits per heavy atom. The van der Waals surface area contributed by atoms with Crippen LogP contribution in [0.2, 0.25) is 0 Å². The zero-order valence-electron chi connectivity index (χ0n) is 16.3. The van der Waals surface area contributed by atoms with Gasteiger partial charge in [-0.05, 0) is 44.0 Å². The molecule has 7 nitrogen and oxygen atoms in total. The van der Waals surface area contributed by atoms with Gasteiger partial charge in [-0.15, -0.1) is 0 Å². The van der Waals surface area contributed by atoms with E-state index in [1.807, 2.05) is 6.07 Å². The maximum Gasteiger partial charge on any atom is 0.310 e. The zero-order valence-corrected chi connectivity index (χ0v) is 16.3. The third kappa shape index (κ3) is 5.34. The highest BCUT2D eigenvalue weighted by Gasteiger charge is 2.31. The molecule has 2 heterocycles. The molecule has 2 amide bonds. The van der Waals surface area contributed by atoms with Gasteiger partial charge in [-0.1, -0.05) is 18.2 Å². The first kappa shape index (κ1) is 20.4. The molecule has 1 saturated heterocycles. The van der Waals surface area contributed by atoms with E-state index in [2.05, 4.69) is 5.32 Å². The quantitative estimate of drug-likeness (QED) is 0.599. The molecule has 1 aromatic heterocycles. The Bertz CT molecular complexity index is 874. The van der Waals surface area contributed by atoms with Gasteiger partial charge in [0, 0.05) is 24.7 Å². The molecular formula is C22H24N2O5. The van der Waals surface area contributed by atoms with Crippen LogP contribution in [0, 0.1) is 5.92 Å². The van der Waals surface area contributed by atoms with Crippen LogP contribution in [0.15, 0.2) is 58.8 Å². The third-order valence-electron chi connectivity index (χ3n) is 4.67. The second kappa shape index (κ2) is 9.73. The summed E-state index contributed by atoms with van der Waals surface area (Å²) < 4.78 is 10.4. The normalized spacial score (nSPS) is 16.9. The van der Waals surface area contributed by atoms with Crippen LogP contribution in [0.5, 0.6) is 0 Å². The maximum atomic E-state index is 13.2. The predicted molar refractivity (Wildman–Crippen MR) is 107 cm³/mol. The van der Waals surface area contributed by atoms with Crippen LogP contribution in [0.3, 0.4) is 0 Å². The Morgan fingerprint density at radius 2 is 2.00 bits per heavy atom. The Kier molecular flexibility index (Phi) is 6.84. The topological polar surface area (TPSA) is 88.8 Å². The van der Waals surface area contributed by atoms with Gasteiger partial charge >= 0.3 is 5.97 Å². The number of furan rings is 1. The molecule has 1 aliphatic rings. The molecule has 0 unspecified atom stereocenters. The molecule has 1 aromatic carbocycles. The molecule has 152 valence electrons. The highest BCUT2D eigenvalue weighted by molar-refractivity contribution is 6.05. The Labute approximate surface area is 169 Å². The number of likely N-dealkylation sites (tertiary alicyclic amines) is 1. The van der Waals surface area contributed by atoms with Crippen LogP contribution >= 0.6 is 0 Å². The van der Waals surface area contributed by atoms with E-state index in [1.54, 1.807) is 48.2 Å². The van der Waals surface area contributed by atoms with Gasteiger partial charge < -0.3 is 19.4 Å². The summed E-state index contributed by atoms with van der Waals surface area (Å²) in [6.45, 7) is 2.83. The monoisotopic (exact) mass is 396 g/mol. The van der Waals surface area contributed by atoms with Crippen molar-refractivity contribution in [3.05, 3.63) is 65.7 Å². The van der Waals surface area contributed by atoms with Crippen molar-refractivity contribution in [3.8, 4) is 0 Å². The number of carbonyl (C=O) groups excluding carboxylic acids is 3. The lowest BCUT2D eigenvalue weighted by atomic mass is 9.98. The lowest BCUT2D eigenvalue weighted by Crippen LogP contribution is -2.45. The standard InChI is InChI=1S/C22H24N2O5/c1-2-28-22(27)17-10-6-12-24(15-17)21(26)19(14-18-11-7-13-29-18)23-20(25)16-8-4-3-5-9-16/h3-5,7-9,11,13-14,17H,2,6,10,12,15H2,1H3,(H,23,25)/b19-14-/t17-/m1/s1. The van der Waals surface area contributed by atoms with Crippen molar-refractivity contribution in [3.63, 3.8) is 0 Å². The van der Waals surface area contributed by atoms with Crippen LogP contribution < -0.4 is 5.32 Å². The highest BCUT2D eigenvalue weighted by Crippen LogP contribution is 2.20. The fourth-order valence-corrected chi connectivity index (χ4v) is 3.24. The van der Waals surface area contributed by atoms with Gasteiger partial charge in [0.15, 0.2) is 0 Å². The molecule has 1 atom stereocenters. The average molecular weight is 396 g/mol. The summed E-state index contributed by atoms with van der Waals surface area (Å²) >= 11 is 0. The smallest absolute Gasteiger partial charge is 0.310 e. The first-order valence-corrected chi connectivity index (χ1v) is 9.66. The largest absolute Gasteiger partial charge is 0.466 e. The summed E-state index contributed by atoms with van der Waals surface area (Å²) in [5.74, 6) is -0.965. The second-order valence-electron chi connectivity index (χ2n) is 6.74. The fourth-order valence-electron chi connectivity index (χ4n) is 3.24. The average Bonchev–Trinajstić information content (AvgIpc) is 3.27. The SMILES string of the molecule is CCOC(=O)[C@@H]1CCCN(C(=O)/C(=C/c2ccco2)NC(=O)c2ccccc2)C1. The van der Waals surface area contributed by atoms with Gasteiger partial charge in [0.25, 0.3) is 11.8 Å². The fraction of sp³-hybridized carbons (Fsp3) is 0.318. The molecule has 1 fully saturated rings. The summed E-state index contributed by atoms with van der Waals surface area (Å²) in [6, 6.07) is 12.0. The van der Waals surface area contributed by atoms with Crippen molar-refractivity contribution in [1.82, 2.24) is 10.2 Å². The van der Waals surface area contributed by atoms with Crippen LogP contribution in [0.4, 0.5) is 0 Å². The molecule has 1 N–H and O–H groups in total. The summed E-state index contributed by atoms with van der Waals surface area (Å²) in [5.41, 5.74) is 0.534. The van der Waals surface area contributed by atoms with Crippen molar-refractivity contribution in [1.29, 1.82) is 0 Å². The van der Waals surface area contributed by atoms with Gasteiger partial charge in [0.1, 0.15) is 11.5 Å². The van der Waals surface area contributed by atoms with E-state index in [0.29, 0.717) is 37.3 Å². The minimum atomic E-state index is -0.393. The Hall–Kier alpha value is -3.35. The number of nitrogens with zero attached hydrogens (tertiary/aromatic N) is 1. The molecule has 0 saturated carbocycles. The highest BCUT2D eigenvalue weighted by atomic mass is 16.5. The third-order valence-corrected chi connectivity index (χ3v) is 4.67. The first-order valence-electron chi connectivity index (χ1n) is 9.66. The number of hydrogen-bond donors (Lipinski definition) is 1. The number of piperidine rings is 1. The van der Waals surface area contributed by atoms with Crippen molar-refractivity contribution in [2.24, 2.45) is 5.92 Å². The number of esters is 1. The molecule has 1 aliphatic heterocycles. The molecule has 3 rings (SSSR count). The first-order chi connectivity index (χ1) is 14.1. The summed E-state index contributed by atoms with van der Waals surface area (Å²) in [7, 11) is 0. The van der Waals surface area contributed by atoms with E-state index in [4.69, 9.17) is 9.15 Å². The molecular weight excluding hydrogens is 372 g/mol. The lowest BCUT2D eigenvalue weighted by molar-refractivity contribution is -0.150. The number of ether oxygens (including phenoxy) is 1. The number of benzene rings is 1. The minimum absolute atomic E-state index is 0.0957. The van der Waals surface area contributed by atoms with Crippen molar-refractivity contribution in [2.75, 3.05) is 19.7 Å². The van der Waals surface area contributed by atoms with E-state index in [1.165, 1.54) is 12.3 Å². The van der Waals surface area contributed by atoms with Crippen LogP contribution in [-0.4, -0.2) is 42.4 Å². The van der Waals surface area contributed by atoms with Crippen LogP contribution in [-0.2, 0) is 14.3 Å². The number of rotatable bonds is 6.